The summed E-state index contributed by atoms with van der Waals surface area (Å²) >= 11 is 0. The van der Waals surface area contributed by atoms with E-state index in [4.69, 9.17) is 5.73 Å². The molecule has 0 aromatic carbocycles. The van der Waals surface area contributed by atoms with Crippen molar-refractivity contribution in [2.24, 2.45) is 16.6 Å². The fourth-order valence-electron chi connectivity index (χ4n) is 3.13. The van der Waals surface area contributed by atoms with E-state index in [-0.39, 0.29) is 5.91 Å². The van der Waals surface area contributed by atoms with E-state index in [2.05, 4.69) is 33.2 Å². The van der Waals surface area contributed by atoms with Crippen LogP contribution in [0.4, 0.5) is 0 Å². The number of piperidine rings is 1. The first-order valence-corrected chi connectivity index (χ1v) is 8.23. The third-order valence-corrected chi connectivity index (χ3v) is 4.33. The number of likely N-dealkylation sites (tertiary alicyclic amines) is 1. The molecular formula is C17H27N5O. The van der Waals surface area contributed by atoms with Crippen LogP contribution in [0.1, 0.15) is 30.4 Å². The summed E-state index contributed by atoms with van der Waals surface area (Å²) in [6.45, 7) is 4.73. The number of hydrogen-bond acceptors (Lipinski definition) is 3. The van der Waals surface area contributed by atoms with Gasteiger partial charge in [0.05, 0.1) is 0 Å². The number of hydrogen-bond donors (Lipinski definition) is 2. The van der Waals surface area contributed by atoms with Gasteiger partial charge in [0, 0.05) is 45.5 Å². The Kier molecular flexibility index (Phi) is 6.38. The number of carbonyl (C=O) groups excluding carboxylic acids is 1. The molecule has 0 saturated carbocycles. The zero-order chi connectivity index (χ0) is 16.7. The second kappa shape index (κ2) is 8.50. The number of rotatable bonds is 5. The molecule has 1 amide bonds. The molecule has 3 N–H and O–H groups in total. The van der Waals surface area contributed by atoms with Gasteiger partial charge in [-0.15, -0.1) is 0 Å². The summed E-state index contributed by atoms with van der Waals surface area (Å²) in [5.74, 6) is 1.03. The van der Waals surface area contributed by atoms with Crippen molar-refractivity contribution in [3.8, 4) is 0 Å². The highest BCUT2D eigenvalue weighted by Gasteiger charge is 2.23. The minimum atomic E-state index is -0.215. The summed E-state index contributed by atoms with van der Waals surface area (Å²) in [6.07, 6.45) is 7.25. The summed E-state index contributed by atoms with van der Waals surface area (Å²) < 4.78 is 0. The van der Waals surface area contributed by atoms with E-state index >= 15 is 0 Å². The molecule has 1 aliphatic heterocycles. The van der Waals surface area contributed by atoms with Crippen molar-refractivity contribution in [1.29, 1.82) is 0 Å². The molecule has 0 spiro atoms. The van der Waals surface area contributed by atoms with Gasteiger partial charge in [0.25, 0.3) is 0 Å². The van der Waals surface area contributed by atoms with Crippen molar-refractivity contribution in [1.82, 2.24) is 15.2 Å². The first-order valence-electron chi connectivity index (χ1n) is 8.23. The molecule has 0 aliphatic carbocycles. The Morgan fingerprint density at radius 1 is 1.57 bits per heavy atom. The number of primary amides is 1. The number of aromatic nitrogens is 1. The number of guanidine groups is 1. The molecule has 6 nitrogen and oxygen atoms in total. The Bertz CT molecular complexity index is 558. The Hall–Kier alpha value is -2.11. The summed E-state index contributed by atoms with van der Waals surface area (Å²) in [6, 6.07) is 2.06. The lowest BCUT2D eigenvalue weighted by Gasteiger charge is -2.34. The number of aryl methyl sites for hydroxylation is 1. The average Bonchev–Trinajstić information content (AvgIpc) is 2.53. The normalized spacial score (nSPS) is 18.8. The number of amides is 1. The maximum absolute atomic E-state index is 11.1. The number of nitrogens with two attached hydrogens (primary N) is 1. The zero-order valence-corrected chi connectivity index (χ0v) is 14.1. The molecule has 0 bridgehead atoms. The van der Waals surface area contributed by atoms with Crippen LogP contribution in [-0.4, -0.2) is 48.4 Å². The van der Waals surface area contributed by atoms with Crippen LogP contribution in [0.2, 0.25) is 0 Å². The minimum absolute atomic E-state index is 0.215. The highest BCUT2D eigenvalue weighted by Crippen LogP contribution is 2.19. The van der Waals surface area contributed by atoms with Crippen molar-refractivity contribution >= 4 is 11.9 Å². The van der Waals surface area contributed by atoms with Crippen molar-refractivity contribution < 1.29 is 4.79 Å². The van der Waals surface area contributed by atoms with Crippen LogP contribution < -0.4 is 11.1 Å². The molecule has 1 aliphatic rings. The molecule has 1 saturated heterocycles. The van der Waals surface area contributed by atoms with Crippen molar-refractivity contribution in [3.63, 3.8) is 0 Å². The van der Waals surface area contributed by atoms with Crippen LogP contribution in [0.25, 0.3) is 0 Å². The Balaban J connectivity index is 1.85. The van der Waals surface area contributed by atoms with Gasteiger partial charge in [-0.05, 0) is 49.3 Å². The van der Waals surface area contributed by atoms with Gasteiger partial charge in [0.2, 0.25) is 5.91 Å². The summed E-state index contributed by atoms with van der Waals surface area (Å²) in [4.78, 5) is 21.9. The lowest BCUT2D eigenvalue weighted by Crippen LogP contribution is -2.47. The van der Waals surface area contributed by atoms with Gasteiger partial charge in [0.15, 0.2) is 5.96 Å². The van der Waals surface area contributed by atoms with Gasteiger partial charge in [0.1, 0.15) is 0 Å². The van der Waals surface area contributed by atoms with Crippen molar-refractivity contribution in [2.45, 2.75) is 32.6 Å². The van der Waals surface area contributed by atoms with Gasteiger partial charge in [-0.1, -0.05) is 0 Å². The zero-order valence-electron chi connectivity index (χ0n) is 14.1. The maximum atomic E-state index is 11.1. The molecule has 1 aromatic heterocycles. The fraction of sp³-hybridized carbons (Fsp3) is 0.588. The number of aliphatic imine (C=N–C) groups is 1. The van der Waals surface area contributed by atoms with Crippen molar-refractivity contribution in [2.75, 3.05) is 26.7 Å². The monoisotopic (exact) mass is 317 g/mol. The van der Waals surface area contributed by atoms with Gasteiger partial charge >= 0.3 is 0 Å². The number of pyridine rings is 1. The second-order valence-corrected chi connectivity index (χ2v) is 6.15. The molecule has 1 atom stereocenters. The molecular weight excluding hydrogens is 290 g/mol. The number of nitrogens with zero attached hydrogens (tertiary/aromatic N) is 3. The maximum Gasteiger partial charge on any atom is 0.217 e. The van der Waals surface area contributed by atoms with Crippen LogP contribution in [-0.2, 0) is 11.2 Å². The Morgan fingerprint density at radius 3 is 3.09 bits per heavy atom. The SMILES string of the molecule is CN=C(NCCc1ccncc1C)N1CCCC(CC(N)=O)C1. The highest BCUT2D eigenvalue weighted by molar-refractivity contribution is 5.80. The highest BCUT2D eigenvalue weighted by atomic mass is 16.1. The smallest absolute Gasteiger partial charge is 0.217 e. The molecule has 2 heterocycles. The van der Waals surface area contributed by atoms with Gasteiger partial charge in [-0.3, -0.25) is 14.8 Å². The first-order chi connectivity index (χ1) is 11.1. The van der Waals surface area contributed by atoms with Crippen LogP contribution in [0.15, 0.2) is 23.5 Å². The second-order valence-electron chi connectivity index (χ2n) is 6.15. The molecule has 126 valence electrons. The van der Waals surface area contributed by atoms with E-state index in [1.165, 1.54) is 11.1 Å². The average molecular weight is 317 g/mol. The molecule has 1 aromatic rings. The lowest BCUT2D eigenvalue weighted by molar-refractivity contribution is -0.119. The predicted octanol–water partition coefficient (Wildman–Crippen LogP) is 1.10. The minimum Gasteiger partial charge on any atom is -0.370 e. The van der Waals surface area contributed by atoms with E-state index in [0.717, 1.165) is 44.9 Å². The molecule has 1 unspecified atom stereocenters. The van der Waals surface area contributed by atoms with Crippen LogP contribution in [0.3, 0.4) is 0 Å². The van der Waals surface area contributed by atoms with Crippen LogP contribution >= 0.6 is 0 Å². The molecule has 1 fully saturated rings. The summed E-state index contributed by atoms with van der Waals surface area (Å²) in [5, 5.41) is 3.43. The topological polar surface area (TPSA) is 83.6 Å². The first kappa shape index (κ1) is 17.2. The molecule has 6 heteroatoms. The fourth-order valence-corrected chi connectivity index (χ4v) is 3.13. The van der Waals surface area contributed by atoms with E-state index < -0.39 is 0 Å². The molecule has 0 radical (unpaired) electrons. The van der Waals surface area contributed by atoms with E-state index in [9.17, 15) is 4.79 Å². The van der Waals surface area contributed by atoms with E-state index in [1.807, 2.05) is 12.4 Å². The van der Waals surface area contributed by atoms with E-state index in [1.54, 1.807) is 7.05 Å². The molecule has 23 heavy (non-hydrogen) atoms. The van der Waals surface area contributed by atoms with Crippen LogP contribution in [0, 0.1) is 12.8 Å². The quantitative estimate of drug-likeness (QED) is 0.629. The van der Waals surface area contributed by atoms with Gasteiger partial charge in [-0.25, -0.2) is 0 Å². The largest absolute Gasteiger partial charge is 0.370 e. The molecule has 2 rings (SSSR count). The summed E-state index contributed by atoms with van der Waals surface area (Å²) in [7, 11) is 1.80. The predicted molar refractivity (Wildman–Crippen MR) is 92.1 cm³/mol. The van der Waals surface area contributed by atoms with Crippen LogP contribution in [0.5, 0.6) is 0 Å². The lowest BCUT2D eigenvalue weighted by atomic mass is 9.95. The van der Waals surface area contributed by atoms with Gasteiger partial charge in [-0.2, -0.15) is 0 Å². The summed E-state index contributed by atoms with van der Waals surface area (Å²) in [5.41, 5.74) is 7.84. The standard InChI is InChI=1S/C17H27N5O/c1-13-11-20-7-5-15(13)6-8-21-17(19-2)22-9-3-4-14(12-22)10-16(18)23/h5,7,11,14H,3-4,6,8-10,12H2,1-2H3,(H2,18,23)(H,19,21). The van der Waals surface area contributed by atoms with Crippen molar-refractivity contribution in [3.05, 3.63) is 29.6 Å². The Labute approximate surface area is 138 Å². The third kappa shape index (κ3) is 5.23. The Morgan fingerprint density at radius 2 is 2.39 bits per heavy atom. The van der Waals surface area contributed by atoms with Gasteiger partial charge < -0.3 is 16.0 Å². The number of nitrogens with one attached hydrogen (secondary N) is 1. The van der Waals surface area contributed by atoms with E-state index in [0.29, 0.717) is 12.3 Å². The third-order valence-electron chi connectivity index (χ3n) is 4.33. The number of carbonyl (C=O) groups is 1.